The van der Waals surface area contributed by atoms with Crippen molar-refractivity contribution in [3.8, 4) is 0 Å². The monoisotopic (exact) mass is 377 g/mol. The quantitative estimate of drug-likeness (QED) is 0.648. The molecule has 2 N–H and O–H groups in total. The number of amides is 3. The minimum Gasteiger partial charge on any atom is -0.355 e. The van der Waals surface area contributed by atoms with E-state index in [1.54, 1.807) is 24.1 Å². The van der Waals surface area contributed by atoms with Crippen LogP contribution in [-0.4, -0.2) is 60.8 Å². The molecule has 1 aliphatic rings. The zero-order valence-electron chi connectivity index (χ0n) is 15.2. The van der Waals surface area contributed by atoms with Crippen LogP contribution in [0, 0.1) is 5.92 Å². The second-order valence-corrected chi connectivity index (χ2v) is 7.52. The van der Waals surface area contributed by atoms with Crippen molar-refractivity contribution in [2.24, 2.45) is 5.92 Å². The van der Waals surface area contributed by atoms with Crippen LogP contribution in [0.5, 0.6) is 0 Å². The van der Waals surface area contributed by atoms with Crippen molar-refractivity contribution in [2.45, 2.75) is 19.3 Å². The lowest BCUT2D eigenvalue weighted by Crippen LogP contribution is -2.37. The molecule has 0 unspecified atom stereocenters. The second kappa shape index (κ2) is 10.9. The summed E-state index contributed by atoms with van der Waals surface area (Å²) >= 11 is 1.30. The topological polar surface area (TPSA) is 78.5 Å². The Morgan fingerprint density at radius 2 is 1.73 bits per heavy atom. The van der Waals surface area contributed by atoms with Gasteiger partial charge in [0.05, 0.1) is 11.5 Å². The third kappa shape index (κ3) is 7.07. The predicted molar refractivity (Wildman–Crippen MR) is 104 cm³/mol. The van der Waals surface area contributed by atoms with Gasteiger partial charge in [-0.2, -0.15) is 0 Å². The molecule has 0 saturated heterocycles. The molecule has 2 rings (SSSR count). The average molecular weight is 378 g/mol. The maximum absolute atomic E-state index is 12.2. The van der Waals surface area contributed by atoms with Gasteiger partial charge in [0.1, 0.15) is 0 Å². The van der Waals surface area contributed by atoms with Gasteiger partial charge in [-0.3, -0.25) is 14.4 Å². The number of rotatable bonds is 10. The molecule has 0 aliphatic heterocycles. The Morgan fingerprint density at radius 3 is 2.35 bits per heavy atom. The van der Waals surface area contributed by atoms with Crippen LogP contribution in [0.2, 0.25) is 0 Å². The number of nitrogens with zero attached hydrogens (tertiary/aromatic N) is 1. The summed E-state index contributed by atoms with van der Waals surface area (Å²) in [4.78, 5) is 37.2. The van der Waals surface area contributed by atoms with E-state index in [1.165, 1.54) is 31.0 Å². The molecule has 1 aromatic carbocycles. The fraction of sp³-hybridized carbons (Fsp3) is 0.526. The van der Waals surface area contributed by atoms with E-state index in [-0.39, 0.29) is 23.5 Å². The summed E-state index contributed by atoms with van der Waals surface area (Å²) in [6, 6.07) is 9.04. The molecule has 1 fully saturated rings. The standard InChI is InChI=1S/C19H27N3O3S/c1-22(19(25)16-8-3-2-4-9-16)11-10-20-17(23)13-26-14-18(24)21-12-15-6-5-7-15/h2-4,8-9,15H,5-7,10-14H2,1H3,(H,20,23)(H,21,24). The largest absolute Gasteiger partial charge is 0.355 e. The molecule has 1 saturated carbocycles. The molecule has 26 heavy (non-hydrogen) atoms. The Hall–Kier alpha value is -2.02. The Balaban J connectivity index is 1.52. The average Bonchev–Trinajstić information content (AvgIpc) is 2.60. The minimum absolute atomic E-state index is 0.0112. The molecule has 0 bridgehead atoms. The molecule has 3 amide bonds. The van der Waals surface area contributed by atoms with Gasteiger partial charge in [-0.25, -0.2) is 0 Å². The Bertz CT molecular complexity index is 605. The van der Waals surface area contributed by atoms with Gasteiger partial charge in [-0.05, 0) is 30.9 Å². The lowest BCUT2D eigenvalue weighted by atomic mass is 9.85. The van der Waals surface area contributed by atoms with E-state index in [0.29, 0.717) is 30.3 Å². The third-order valence-electron chi connectivity index (χ3n) is 4.42. The van der Waals surface area contributed by atoms with Gasteiger partial charge in [0, 0.05) is 32.2 Å². The SMILES string of the molecule is CN(CCNC(=O)CSCC(=O)NCC1CCC1)C(=O)c1ccccc1. The van der Waals surface area contributed by atoms with E-state index >= 15 is 0 Å². The maximum Gasteiger partial charge on any atom is 0.253 e. The van der Waals surface area contributed by atoms with Gasteiger partial charge >= 0.3 is 0 Å². The molecule has 0 radical (unpaired) electrons. The number of carbonyl (C=O) groups excluding carboxylic acids is 3. The minimum atomic E-state index is -0.123. The number of nitrogens with one attached hydrogen (secondary N) is 2. The van der Waals surface area contributed by atoms with E-state index in [0.717, 1.165) is 6.54 Å². The van der Waals surface area contributed by atoms with E-state index in [2.05, 4.69) is 10.6 Å². The highest BCUT2D eigenvalue weighted by Gasteiger charge is 2.17. The molecular weight excluding hydrogens is 350 g/mol. The number of likely N-dealkylation sites (N-methyl/N-ethyl adjacent to an activating group) is 1. The molecular formula is C19H27N3O3S. The van der Waals surface area contributed by atoms with Crippen LogP contribution in [0.1, 0.15) is 29.6 Å². The molecule has 0 heterocycles. The first kappa shape index (κ1) is 20.3. The first-order valence-corrected chi connectivity index (χ1v) is 10.1. The lowest BCUT2D eigenvalue weighted by molar-refractivity contribution is -0.119. The Kier molecular flexibility index (Phi) is 8.47. The Labute approximate surface area is 159 Å². The molecule has 6 nitrogen and oxygen atoms in total. The van der Waals surface area contributed by atoms with Crippen molar-refractivity contribution in [1.29, 1.82) is 0 Å². The molecule has 1 aromatic rings. The molecule has 0 atom stereocenters. The molecule has 142 valence electrons. The first-order valence-electron chi connectivity index (χ1n) is 8.98. The highest BCUT2D eigenvalue weighted by Crippen LogP contribution is 2.25. The van der Waals surface area contributed by atoms with Crippen LogP contribution in [-0.2, 0) is 9.59 Å². The normalized spacial score (nSPS) is 13.6. The summed E-state index contributed by atoms with van der Waals surface area (Å²) in [6.45, 7) is 1.59. The molecule has 1 aliphatic carbocycles. The number of carbonyl (C=O) groups is 3. The Morgan fingerprint density at radius 1 is 1.08 bits per heavy atom. The van der Waals surface area contributed by atoms with Crippen LogP contribution in [0.4, 0.5) is 0 Å². The number of benzene rings is 1. The maximum atomic E-state index is 12.2. The summed E-state index contributed by atoms with van der Waals surface area (Å²) in [5.41, 5.74) is 0.629. The van der Waals surface area contributed by atoms with Crippen LogP contribution >= 0.6 is 11.8 Å². The number of thioether (sulfide) groups is 1. The number of hydrogen-bond donors (Lipinski definition) is 2. The zero-order chi connectivity index (χ0) is 18.8. The van der Waals surface area contributed by atoms with E-state index in [9.17, 15) is 14.4 Å². The summed E-state index contributed by atoms with van der Waals surface area (Å²) in [6.07, 6.45) is 3.68. The summed E-state index contributed by atoms with van der Waals surface area (Å²) in [7, 11) is 1.71. The highest BCUT2D eigenvalue weighted by molar-refractivity contribution is 8.00. The van der Waals surface area contributed by atoms with Crippen molar-refractivity contribution in [2.75, 3.05) is 38.2 Å². The zero-order valence-corrected chi connectivity index (χ0v) is 16.0. The summed E-state index contributed by atoms with van der Waals surface area (Å²) < 4.78 is 0. The van der Waals surface area contributed by atoms with Crippen molar-refractivity contribution in [1.82, 2.24) is 15.5 Å². The predicted octanol–water partition coefficient (Wildman–Crippen LogP) is 1.52. The first-order chi connectivity index (χ1) is 12.6. The second-order valence-electron chi connectivity index (χ2n) is 6.54. The van der Waals surface area contributed by atoms with Crippen molar-refractivity contribution in [3.63, 3.8) is 0 Å². The van der Waals surface area contributed by atoms with E-state index in [1.807, 2.05) is 18.2 Å². The molecule has 0 spiro atoms. The van der Waals surface area contributed by atoms with Gasteiger partial charge < -0.3 is 15.5 Å². The fourth-order valence-corrected chi connectivity index (χ4v) is 3.24. The molecule has 0 aromatic heterocycles. The summed E-state index contributed by atoms with van der Waals surface area (Å²) in [5, 5.41) is 5.69. The van der Waals surface area contributed by atoms with Crippen LogP contribution in [0.25, 0.3) is 0 Å². The smallest absolute Gasteiger partial charge is 0.253 e. The van der Waals surface area contributed by atoms with Gasteiger partial charge in [-0.15, -0.1) is 11.8 Å². The van der Waals surface area contributed by atoms with Crippen molar-refractivity contribution < 1.29 is 14.4 Å². The fourth-order valence-electron chi connectivity index (χ4n) is 2.56. The van der Waals surface area contributed by atoms with E-state index in [4.69, 9.17) is 0 Å². The van der Waals surface area contributed by atoms with E-state index < -0.39 is 0 Å². The van der Waals surface area contributed by atoms with Gasteiger partial charge in [0.25, 0.3) is 5.91 Å². The highest BCUT2D eigenvalue weighted by atomic mass is 32.2. The van der Waals surface area contributed by atoms with Crippen LogP contribution in [0.3, 0.4) is 0 Å². The third-order valence-corrected chi connectivity index (χ3v) is 5.35. The van der Waals surface area contributed by atoms with Crippen molar-refractivity contribution in [3.05, 3.63) is 35.9 Å². The van der Waals surface area contributed by atoms with Gasteiger partial charge in [0.2, 0.25) is 11.8 Å². The number of hydrogen-bond acceptors (Lipinski definition) is 4. The van der Waals surface area contributed by atoms with Crippen LogP contribution in [0.15, 0.2) is 30.3 Å². The van der Waals surface area contributed by atoms with Crippen LogP contribution < -0.4 is 10.6 Å². The van der Waals surface area contributed by atoms with Gasteiger partial charge in [0.15, 0.2) is 0 Å². The van der Waals surface area contributed by atoms with Crippen molar-refractivity contribution >= 4 is 29.5 Å². The molecule has 7 heteroatoms. The summed E-state index contributed by atoms with van der Waals surface area (Å²) in [5.74, 6) is 0.977. The lowest BCUT2D eigenvalue weighted by Gasteiger charge is -2.25. The van der Waals surface area contributed by atoms with Gasteiger partial charge in [-0.1, -0.05) is 24.6 Å².